The van der Waals surface area contributed by atoms with Gasteiger partial charge >= 0.3 is 0 Å². The van der Waals surface area contributed by atoms with Crippen molar-refractivity contribution >= 4 is 22.6 Å². The van der Waals surface area contributed by atoms with Crippen LogP contribution in [0.15, 0.2) is 65.5 Å². The zero-order valence-corrected chi connectivity index (χ0v) is 14.9. The molecule has 0 bridgehead atoms. The molecule has 2 heterocycles. The number of aromatic amines is 1. The maximum Gasteiger partial charge on any atom is 0.254 e. The van der Waals surface area contributed by atoms with E-state index in [0.717, 1.165) is 10.9 Å². The molecule has 1 aliphatic rings. The largest absolute Gasteiger partial charge is 0.339 e. The molecule has 0 unspecified atom stereocenters. The lowest BCUT2D eigenvalue weighted by molar-refractivity contribution is 0.0652. The number of rotatable bonds is 3. The molecular weight excluding hydrogens is 340 g/mol. The minimum absolute atomic E-state index is 0.0626. The van der Waals surface area contributed by atoms with Gasteiger partial charge in [0.1, 0.15) is 0 Å². The van der Waals surface area contributed by atoms with Crippen molar-refractivity contribution in [2.24, 2.45) is 5.92 Å². The third-order valence-electron chi connectivity index (χ3n) is 5.19. The van der Waals surface area contributed by atoms with Gasteiger partial charge in [0.15, 0.2) is 5.78 Å². The Balaban J connectivity index is 1.51. The molecule has 27 heavy (non-hydrogen) atoms. The molecule has 0 atom stereocenters. The highest BCUT2D eigenvalue weighted by Gasteiger charge is 2.29. The van der Waals surface area contributed by atoms with Gasteiger partial charge in [0.05, 0.1) is 5.56 Å². The van der Waals surface area contributed by atoms with Gasteiger partial charge in [-0.2, -0.15) is 0 Å². The van der Waals surface area contributed by atoms with Crippen molar-refractivity contribution in [3.8, 4) is 0 Å². The highest BCUT2D eigenvalue weighted by atomic mass is 16.2. The molecule has 1 N–H and O–H groups in total. The maximum absolute atomic E-state index is 13.0. The number of hydrogen-bond donors (Lipinski definition) is 1. The summed E-state index contributed by atoms with van der Waals surface area (Å²) in [6.45, 7) is 1.03. The minimum Gasteiger partial charge on any atom is -0.339 e. The predicted octanol–water partition coefficient (Wildman–Crippen LogP) is 3.26. The predicted molar refractivity (Wildman–Crippen MR) is 104 cm³/mol. The van der Waals surface area contributed by atoms with Gasteiger partial charge in [0.25, 0.3) is 5.91 Å². The number of carbonyl (C=O) groups is 2. The van der Waals surface area contributed by atoms with Crippen molar-refractivity contribution in [2.45, 2.75) is 12.8 Å². The van der Waals surface area contributed by atoms with Gasteiger partial charge in [-0.05, 0) is 18.9 Å². The summed E-state index contributed by atoms with van der Waals surface area (Å²) in [5.41, 5.74) is 1.51. The Morgan fingerprint density at radius 3 is 2.33 bits per heavy atom. The average Bonchev–Trinajstić information content (AvgIpc) is 2.73. The van der Waals surface area contributed by atoms with E-state index in [1.165, 1.54) is 6.07 Å². The molecule has 1 amide bonds. The fraction of sp³-hybridized carbons (Fsp3) is 0.227. The molecule has 0 spiro atoms. The highest BCUT2D eigenvalue weighted by Crippen LogP contribution is 2.24. The second-order valence-electron chi connectivity index (χ2n) is 6.89. The van der Waals surface area contributed by atoms with Gasteiger partial charge in [0.2, 0.25) is 5.56 Å². The standard InChI is InChI=1S/C22H20N2O3/c25-20-14-18(17-8-4-5-9-19(17)23-20)22(27)24-12-10-16(11-13-24)21(26)15-6-2-1-3-7-15/h1-9,14,16H,10-13H2,(H,23,25). The fourth-order valence-electron chi connectivity index (χ4n) is 3.73. The zero-order chi connectivity index (χ0) is 18.8. The SMILES string of the molecule is O=C(c1ccccc1)C1CCN(C(=O)c2cc(=O)[nH]c3ccccc23)CC1. The average molecular weight is 360 g/mol. The van der Waals surface area contributed by atoms with Crippen LogP contribution in [0.1, 0.15) is 33.6 Å². The molecule has 0 aliphatic carbocycles. The monoisotopic (exact) mass is 360 g/mol. The molecule has 1 fully saturated rings. The van der Waals surface area contributed by atoms with Crippen LogP contribution in [0.25, 0.3) is 10.9 Å². The van der Waals surface area contributed by atoms with Crippen molar-refractivity contribution in [2.75, 3.05) is 13.1 Å². The van der Waals surface area contributed by atoms with Crippen LogP contribution in [0.4, 0.5) is 0 Å². The van der Waals surface area contributed by atoms with Gasteiger partial charge in [-0.25, -0.2) is 0 Å². The van der Waals surface area contributed by atoms with E-state index in [-0.39, 0.29) is 23.2 Å². The Kier molecular flexibility index (Phi) is 4.59. The van der Waals surface area contributed by atoms with E-state index in [9.17, 15) is 14.4 Å². The number of fused-ring (bicyclic) bond motifs is 1. The van der Waals surface area contributed by atoms with Crippen LogP contribution in [0, 0.1) is 5.92 Å². The number of nitrogens with one attached hydrogen (secondary N) is 1. The van der Waals surface area contributed by atoms with E-state index < -0.39 is 0 Å². The van der Waals surface area contributed by atoms with E-state index in [0.29, 0.717) is 37.0 Å². The number of amides is 1. The van der Waals surface area contributed by atoms with Crippen molar-refractivity contribution in [3.63, 3.8) is 0 Å². The number of pyridine rings is 1. The van der Waals surface area contributed by atoms with Crippen molar-refractivity contribution in [3.05, 3.63) is 82.1 Å². The highest BCUT2D eigenvalue weighted by molar-refractivity contribution is 6.06. The molecule has 1 aliphatic heterocycles. The van der Waals surface area contributed by atoms with E-state index in [4.69, 9.17) is 0 Å². The first-order valence-corrected chi connectivity index (χ1v) is 9.14. The topological polar surface area (TPSA) is 70.2 Å². The molecule has 0 radical (unpaired) electrons. The minimum atomic E-state index is -0.286. The molecule has 2 aromatic carbocycles. The van der Waals surface area contributed by atoms with E-state index in [1.807, 2.05) is 48.5 Å². The lowest BCUT2D eigenvalue weighted by Gasteiger charge is -2.31. The summed E-state index contributed by atoms with van der Waals surface area (Å²) in [6.07, 6.45) is 1.28. The van der Waals surface area contributed by atoms with Gasteiger partial charge < -0.3 is 9.88 Å². The molecule has 136 valence electrons. The Bertz CT molecular complexity index is 1050. The number of H-pyrrole nitrogens is 1. The van der Waals surface area contributed by atoms with Crippen LogP contribution < -0.4 is 5.56 Å². The van der Waals surface area contributed by atoms with Crippen LogP contribution in [-0.2, 0) is 0 Å². The van der Waals surface area contributed by atoms with Crippen LogP contribution in [0.5, 0.6) is 0 Å². The lowest BCUT2D eigenvalue weighted by atomic mass is 9.88. The number of hydrogen-bond acceptors (Lipinski definition) is 3. The summed E-state index contributed by atoms with van der Waals surface area (Å²) >= 11 is 0. The van der Waals surface area contributed by atoms with Gasteiger partial charge in [-0.1, -0.05) is 48.5 Å². The van der Waals surface area contributed by atoms with Crippen molar-refractivity contribution < 1.29 is 9.59 Å². The molecule has 4 rings (SSSR count). The summed E-state index contributed by atoms with van der Waals surface area (Å²) in [7, 11) is 0. The van der Waals surface area contributed by atoms with Gasteiger partial charge in [0, 0.05) is 41.5 Å². The third-order valence-corrected chi connectivity index (χ3v) is 5.19. The van der Waals surface area contributed by atoms with Gasteiger partial charge in [-0.3, -0.25) is 14.4 Å². The van der Waals surface area contributed by atoms with E-state index in [1.54, 1.807) is 11.0 Å². The molecular formula is C22H20N2O3. The number of piperidine rings is 1. The first-order valence-electron chi connectivity index (χ1n) is 9.14. The maximum atomic E-state index is 13.0. The molecule has 3 aromatic rings. The number of para-hydroxylation sites is 1. The Labute approximate surface area is 156 Å². The first-order chi connectivity index (χ1) is 13.1. The normalized spacial score (nSPS) is 15.0. The number of nitrogens with zero attached hydrogens (tertiary/aromatic N) is 1. The second kappa shape index (κ2) is 7.19. The first kappa shape index (κ1) is 17.2. The van der Waals surface area contributed by atoms with Crippen LogP contribution in [-0.4, -0.2) is 34.7 Å². The number of carbonyl (C=O) groups excluding carboxylic acids is 2. The summed E-state index contributed by atoms with van der Waals surface area (Å²) < 4.78 is 0. The number of likely N-dealkylation sites (tertiary alicyclic amines) is 1. The Morgan fingerprint density at radius 2 is 1.59 bits per heavy atom. The summed E-state index contributed by atoms with van der Waals surface area (Å²) in [4.78, 5) is 42.0. The Morgan fingerprint density at radius 1 is 0.926 bits per heavy atom. The fourth-order valence-corrected chi connectivity index (χ4v) is 3.73. The molecule has 1 aromatic heterocycles. The van der Waals surface area contributed by atoms with E-state index in [2.05, 4.69) is 4.98 Å². The summed E-state index contributed by atoms with van der Waals surface area (Å²) in [5.74, 6) is -0.0698. The summed E-state index contributed by atoms with van der Waals surface area (Å²) in [5, 5.41) is 0.740. The molecule has 1 saturated heterocycles. The van der Waals surface area contributed by atoms with Gasteiger partial charge in [-0.15, -0.1) is 0 Å². The summed E-state index contributed by atoms with van der Waals surface area (Å²) in [6, 6.07) is 18.0. The smallest absolute Gasteiger partial charge is 0.254 e. The second-order valence-corrected chi connectivity index (χ2v) is 6.89. The van der Waals surface area contributed by atoms with Crippen molar-refractivity contribution in [1.29, 1.82) is 0 Å². The van der Waals surface area contributed by atoms with Crippen LogP contribution in [0.2, 0.25) is 0 Å². The van der Waals surface area contributed by atoms with Crippen LogP contribution in [0.3, 0.4) is 0 Å². The lowest BCUT2D eigenvalue weighted by Crippen LogP contribution is -2.40. The number of benzene rings is 2. The Hall–Kier alpha value is -3.21. The number of aromatic nitrogens is 1. The molecule has 0 saturated carbocycles. The third kappa shape index (κ3) is 3.40. The van der Waals surface area contributed by atoms with E-state index >= 15 is 0 Å². The molecule has 5 heteroatoms. The molecule has 5 nitrogen and oxygen atoms in total. The number of Topliss-reactive ketones (excluding diaryl/α,β-unsaturated/α-hetero) is 1. The van der Waals surface area contributed by atoms with Crippen molar-refractivity contribution in [1.82, 2.24) is 9.88 Å². The van der Waals surface area contributed by atoms with Crippen LogP contribution >= 0.6 is 0 Å². The quantitative estimate of drug-likeness (QED) is 0.729. The zero-order valence-electron chi connectivity index (χ0n) is 14.9. The number of ketones is 1.